The Labute approximate surface area is 180 Å². The van der Waals surface area contributed by atoms with Crippen molar-refractivity contribution in [1.29, 1.82) is 0 Å². The van der Waals surface area contributed by atoms with Crippen LogP contribution in [0.15, 0.2) is 23.0 Å². The molecule has 162 valence electrons. The number of nitrogens with zero attached hydrogens (tertiary/aromatic N) is 4. The van der Waals surface area contributed by atoms with E-state index in [-0.39, 0.29) is 11.0 Å². The Morgan fingerprint density at radius 3 is 2.87 bits per heavy atom. The molecule has 8 heteroatoms. The van der Waals surface area contributed by atoms with Crippen LogP contribution in [-0.4, -0.2) is 52.2 Å². The average Bonchev–Trinajstić information content (AvgIpc) is 3.49. The van der Waals surface area contributed by atoms with Gasteiger partial charge < -0.3 is 14.4 Å². The van der Waals surface area contributed by atoms with E-state index in [2.05, 4.69) is 28.1 Å². The van der Waals surface area contributed by atoms with E-state index in [0.29, 0.717) is 35.4 Å². The fraction of sp³-hybridized carbons (Fsp3) is 0.522. The highest BCUT2D eigenvalue weighted by molar-refractivity contribution is 5.91. The molecule has 5 heterocycles. The number of anilines is 1. The number of nitrogens with one attached hydrogen (secondary N) is 1. The lowest BCUT2D eigenvalue weighted by molar-refractivity contribution is 0.0974. The first-order valence-corrected chi connectivity index (χ1v) is 11.1. The van der Waals surface area contributed by atoms with Crippen LogP contribution in [0.3, 0.4) is 0 Å². The SMILES string of the molecule is C[C@H]1CC2(CCN(c3nc4[nH]nc(-c5ccc6c(c5)CCO6)c4c(=O)n3C)CC2)CO1. The number of hydrogen-bond donors (Lipinski definition) is 1. The van der Waals surface area contributed by atoms with Crippen molar-refractivity contribution >= 4 is 17.0 Å². The van der Waals surface area contributed by atoms with Gasteiger partial charge in [-0.25, -0.2) is 0 Å². The summed E-state index contributed by atoms with van der Waals surface area (Å²) in [5, 5.41) is 8.01. The molecule has 3 aromatic rings. The van der Waals surface area contributed by atoms with Crippen LogP contribution in [0.4, 0.5) is 5.95 Å². The van der Waals surface area contributed by atoms with E-state index in [0.717, 1.165) is 62.3 Å². The monoisotopic (exact) mass is 421 g/mol. The van der Waals surface area contributed by atoms with E-state index < -0.39 is 0 Å². The Hall–Kier alpha value is -2.87. The largest absolute Gasteiger partial charge is 0.493 e. The molecule has 0 radical (unpaired) electrons. The number of H-pyrrole nitrogens is 1. The summed E-state index contributed by atoms with van der Waals surface area (Å²) in [7, 11) is 1.81. The first-order valence-electron chi connectivity index (χ1n) is 11.1. The highest BCUT2D eigenvalue weighted by Crippen LogP contribution is 2.42. The number of aromatic amines is 1. The molecule has 0 unspecified atom stereocenters. The van der Waals surface area contributed by atoms with Crippen LogP contribution < -0.4 is 15.2 Å². The second kappa shape index (κ2) is 6.82. The lowest BCUT2D eigenvalue weighted by Gasteiger charge is -2.39. The predicted molar refractivity (Wildman–Crippen MR) is 118 cm³/mol. The quantitative estimate of drug-likeness (QED) is 0.685. The number of aromatic nitrogens is 4. The highest BCUT2D eigenvalue weighted by atomic mass is 16.5. The molecule has 2 aromatic heterocycles. The van der Waals surface area contributed by atoms with E-state index in [1.165, 1.54) is 0 Å². The molecular weight excluding hydrogens is 394 g/mol. The number of benzene rings is 1. The first-order chi connectivity index (χ1) is 15.0. The first kappa shape index (κ1) is 18.9. The number of fused-ring (bicyclic) bond motifs is 2. The zero-order valence-corrected chi connectivity index (χ0v) is 18.0. The maximum atomic E-state index is 13.4. The molecule has 31 heavy (non-hydrogen) atoms. The Bertz CT molecular complexity index is 1220. The van der Waals surface area contributed by atoms with Crippen molar-refractivity contribution in [3.05, 3.63) is 34.1 Å². The number of ether oxygens (including phenoxy) is 2. The van der Waals surface area contributed by atoms with Crippen LogP contribution in [0.1, 0.15) is 31.7 Å². The molecule has 0 saturated carbocycles. The van der Waals surface area contributed by atoms with Crippen molar-refractivity contribution in [1.82, 2.24) is 19.7 Å². The van der Waals surface area contributed by atoms with Crippen LogP contribution in [0, 0.1) is 5.41 Å². The van der Waals surface area contributed by atoms with Gasteiger partial charge in [-0.15, -0.1) is 0 Å². The number of hydrogen-bond acceptors (Lipinski definition) is 6. The molecule has 1 N–H and O–H groups in total. The molecule has 1 atom stereocenters. The molecule has 0 aliphatic carbocycles. The summed E-state index contributed by atoms with van der Waals surface area (Å²) in [6.45, 7) is 5.48. The van der Waals surface area contributed by atoms with Crippen molar-refractivity contribution in [3.8, 4) is 17.0 Å². The van der Waals surface area contributed by atoms with Gasteiger partial charge in [0.15, 0.2) is 5.65 Å². The Balaban J connectivity index is 1.34. The standard InChI is InChI=1S/C23H27N5O3/c1-14-12-23(13-31-14)6-8-28(9-7-23)22-24-20-18(21(29)27(22)2)19(25-26-20)16-3-4-17-15(11-16)5-10-30-17/h3-4,11,14H,5-10,12-13H2,1-2H3,(H,25,26)/t14-/m0/s1. The molecule has 8 nitrogen and oxygen atoms in total. The van der Waals surface area contributed by atoms with E-state index in [9.17, 15) is 4.79 Å². The maximum absolute atomic E-state index is 13.4. The fourth-order valence-electron chi connectivity index (χ4n) is 5.45. The summed E-state index contributed by atoms with van der Waals surface area (Å²) in [6, 6.07) is 5.99. The fourth-order valence-corrected chi connectivity index (χ4v) is 5.45. The summed E-state index contributed by atoms with van der Waals surface area (Å²) in [4.78, 5) is 20.4. The molecule has 6 rings (SSSR count). The minimum Gasteiger partial charge on any atom is -0.493 e. The maximum Gasteiger partial charge on any atom is 0.266 e. The van der Waals surface area contributed by atoms with Gasteiger partial charge in [0.05, 0.1) is 19.3 Å². The van der Waals surface area contributed by atoms with Crippen LogP contribution >= 0.6 is 0 Å². The zero-order chi connectivity index (χ0) is 21.2. The smallest absolute Gasteiger partial charge is 0.266 e. The van der Waals surface area contributed by atoms with Crippen LogP contribution in [0.25, 0.3) is 22.3 Å². The molecule has 2 fully saturated rings. The Morgan fingerprint density at radius 2 is 2.10 bits per heavy atom. The molecule has 2 saturated heterocycles. The van der Waals surface area contributed by atoms with Gasteiger partial charge in [0, 0.05) is 32.1 Å². The lowest BCUT2D eigenvalue weighted by Crippen LogP contribution is -2.43. The van der Waals surface area contributed by atoms with E-state index in [4.69, 9.17) is 14.5 Å². The minimum atomic E-state index is -0.0707. The summed E-state index contributed by atoms with van der Waals surface area (Å²) in [6.07, 6.45) is 4.49. The Kier molecular flexibility index (Phi) is 4.15. The summed E-state index contributed by atoms with van der Waals surface area (Å²) >= 11 is 0. The van der Waals surface area contributed by atoms with Gasteiger partial charge in [-0.2, -0.15) is 10.1 Å². The third-order valence-electron chi connectivity index (χ3n) is 7.24. The second-order valence-corrected chi connectivity index (χ2v) is 9.31. The molecule has 0 bridgehead atoms. The highest BCUT2D eigenvalue weighted by Gasteiger charge is 2.41. The molecular formula is C23H27N5O3. The van der Waals surface area contributed by atoms with Gasteiger partial charge >= 0.3 is 0 Å². The number of piperidine rings is 1. The van der Waals surface area contributed by atoms with Crippen molar-refractivity contribution in [2.24, 2.45) is 12.5 Å². The number of rotatable bonds is 2. The van der Waals surface area contributed by atoms with Gasteiger partial charge in [-0.1, -0.05) is 0 Å². The van der Waals surface area contributed by atoms with Crippen molar-refractivity contribution in [3.63, 3.8) is 0 Å². The van der Waals surface area contributed by atoms with Gasteiger partial charge in [0.1, 0.15) is 16.8 Å². The van der Waals surface area contributed by atoms with Crippen molar-refractivity contribution < 1.29 is 9.47 Å². The molecule has 1 aromatic carbocycles. The average molecular weight is 422 g/mol. The molecule has 1 spiro atoms. The molecule has 3 aliphatic rings. The molecule has 3 aliphatic heterocycles. The van der Waals surface area contributed by atoms with Crippen molar-refractivity contribution in [2.75, 3.05) is 31.2 Å². The van der Waals surface area contributed by atoms with Crippen LogP contribution in [0.2, 0.25) is 0 Å². The van der Waals surface area contributed by atoms with Gasteiger partial charge in [0.25, 0.3) is 5.56 Å². The summed E-state index contributed by atoms with van der Waals surface area (Å²) < 4.78 is 13.1. The third kappa shape index (κ3) is 2.96. The van der Waals surface area contributed by atoms with Crippen LogP contribution in [-0.2, 0) is 18.2 Å². The van der Waals surface area contributed by atoms with Gasteiger partial charge in [0.2, 0.25) is 5.95 Å². The Morgan fingerprint density at radius 1 is 1.26 bits per heavy atom. The van der Waals surface area contributed by atoms with Crippen molar-refractivity contribution in [2.45, 2.75) is 38.7 Å². The third-order valence-corrected chi connectivity index (χ3v) is 7.24. The normalized spacial score (nSPS) is 22.3. The molecule has 0 amide bonds. The van der Waals surface area contributed by atoms with E-state index in [1.807, 2.05) is 19.2 Å². The topological polar surface area (TPSA) is 85.3 Å². The lowest BCUT2D eigenvalue weighted by atomic mass is 9.77. The predicted octanol–water partition coefficient (Wildman–Crippen LogP) is 2.65. The summed E-state index contributed by atoms with van der Waals surface area (Å²) in [5.41, 5.74) is 3.48. The second-order valence-electron chi connectivity index (χ2n) is 9.31. The minimum absolute atomic E-state index is 0.0707. The summed E-state index contributed by atoms with van der Waals surface area (Å²) in [5.74, 6) is 1.62. The van der Waals surface area contributed by atoms with E-state index >= 15 is 0 Å². The van der Waals surface area contributed by atoms with E-state index in [1.54, 1.807) is 4.57 Å². The zero-order valence-electron chi connectivity index (χ0n) is 18.0. The van der Waals surface area contributed by atoms with Gasteiger partial charge in [-0.05, 0) is 55.4 Å². The van der Waals surface area contributed by atoms with Crippen LogP contribution in [0.5, 0.6) is 5.75 Å². The van der Waals surface area contributed by atoms with Gasteiger partial charge in [-0.3, -0.25) is 14.5 Å².